The Morgan fingerprint density at radius 1 is 0.969 bits per heavy atom. The molecule has 1 aromatic rings. The van der Waals surface area contributed by atoms with Crippen LogP contribution in [0.15, 0.2) is 18.2 Å². The number of hydrogen-bond acceptors (Lipinski definition) is 3. The van der Waals surface area contributed by atoms with Crippen LogP contribution in [-0.4, -0.2) is 59.1 Å². The van der Waals surface area contributed by atoms with Gasteiger partial charge in [-0.3, -0.25) is 9.69 Å². The zero-order valence-corrected chi connectivity index (χ0v) is 20.0. The van der Waals surface area contributed by atoms with E-state index in [1.54, 1.807) is 0 Å². The molecule has 4 nitrogen and oxygen atoms in total. The summed E-state index contributed by atoms with van der Waals surface area (Å²) in [4.78, 5) is 18.8. The maximum Gasteiger partial charge on any atom is 0.228 e. The van der Waals surface area contributed by atoms with Crippen molar-refractivity contribution in [1.82, 2.24) is 9.80 Å². The third-order valence-electron chi connectivity index (χ3n) is 10.1. The van der Waals surface area contributed by atoms with Crippen LogP contribution in [0.1, 0.15) is 74.5 Å². The van der Waals surface area contributed by atoms with Crippen molar-refractivity contribution in [3.8, 4) is 0 Å². The number of aliphatic hydroxyl groups excluding tert-OH is 1. The van der Waals surface area contributed by atoms with Crippen molar-refractivity contribution in [3.63, 3.8) is 0 Å². The van der Waals surface area contributed by atoms with Crippen LogP contribution in [0.5, 0.6) is 0 Å². The van der Waals surface area contributed by atoms with Gasteiger partial charge in [0.15, 0.2) is 0 Å². The molecule has 1 aromatic carbocycles. The molecule has 0 radical (unpaired) electrons. The summed E-state index contributed by atoms with van der Waals surface area (Å²) >= 11 is 0. The second-order valence-electron chi connectivity index (χ2n) is 12.2. The molecule has 5 saturated carbocycles. The summed E-state index contributed by atoms with van der Waals surface area (Å²) in [6, 6.07) is 7.43. The first-order chi connectivity index (χ1) is 15.4. The van der Waals surface area contributed by atoms with Crippen LogP contribution in [0.3, 0.4) is 0 Å². The SMILES string of the molecule is Cc1ccc(C23CC4CC(CC(C(=O)N5CCN(C6CCCC6O)CC5)(C4)C2)C3)cc1C. The lowest BCUT2D eigenvalue weighted by molar-refractivity contribution is -0.162. The van der Waals surface area contributed by atoms with Crippen LogP contribution in [0.25, 0.3) is 0 Å². The smallest absolute Gasteiger partial charge is 0.228 e. The van der Waals surface area contributed by atoms with E-state index in [1.807, 2.05) is 0 Å². The minimum Gasteiger partial charge on any atom is -0.391 e. The first kappa shape index (κ1) is 21.2. The molecule has 6 aliphatic rings. The van der Waals surface area contributed by atoms with Crippen molar-refractivity contribution < 1.29 is 9.90 Å². The number of aryl methyl sites for hydroxylation is 2. The fourth-order valence-corrected chi connectivity index (χ4v) is 8.86. The lowest BCUT2D eigenvalue weighted by Gasteiger charge is -2.62. The topological polar surface area (TPSA) is 43.8 Å². The quantitative estimate of drug-likeness (QED) is 0.772. The Labute approximate surface area is 193 Å². The van der Waals surface area contributed by atoms with Gasteiger partial charge in [0.2, 0.25) is 5.91 Å². The Hall–Kier alpha value is -1.39. The minimum atomic E-state index is -0.168. The van der Waals surface area contributed by atoms with Crippen LogP contribution in [0.2, 0.25) is 0 Å². The summed E-state index contributed by atoms with van der Waals surface area (Å²) in [6.45, 7) is 7.98. The molecule has 174 valence electrons. The van der Waals surface area contributed by atoms with E-state index >= 15 is 0 Å². The number of hydrogen-bond donors (Lipinski definition) is 1. The van der Waals surface area contributed by atoms with Gasteiger partial charge in [0.25, 0.3) is 0 Å². The van der Waals surface area contributed by atoms with Gasteiger partial charge in [0.1, 0.15) is 0 Å². The van der Waals surface area contributed by atoms with Crippen molar-refractivity contribution in [2.45, 2.75) is 89.2 Å². The Morgan fingerprint density at radius 3 is 2.31 bits per heavy atom. The highest BCUT2D eigenvalue weighted by Gasteiger charge is 2.61. The van der Waals surface area contributed by atoms with Crippen LogP contribution in [0.4, 0.5) is 0 Å². The highest BCUT2D eigenvalue weighted by molar-refractivity contribution is 5.84. The van der Waals surface area contributed by atoms with Crippen molar-refractivity contribution in [2.24, 2.45) is 17.3 Å². The molecule has 5 aliphatic carbocycles. The van der Waals surface area contributed by atoms with Gasteiger partial charge in [-0.15, -0.1) is 0 Å². The van der Waals surface area contributed by atoms with E-state index in [0.29, 0.717) is 11.9 Å². The van der Waals surface area contributed by atoms with Gasteiger partial charge in [-0.2, -0.15) is 0 Å². The Bertz CT molecular complexity index is 889. The lowest BCUT2D eigenvalue weighted by atomic mass is 9.42. The Balaban J connectivity index is 1.22. The van der Waals surface area contributed by atoms with E-state index in [4.69, 9.17) is 0 Å². The summed E-state index contributed by atoms with van der Waals surface area (Å²) in [7, 11) is 0. The van der Waals surface area contributed by atoms with Gasteiger partial charge in [0, 0.05) is 32.2 Å². The van der Waals surface area contributed by atoms with Crippen LogP contribution in [0, 0.1) is 31.1 Å². The second kappa shape index (κ2) is 7.56. The molecule has 6 fully saturated rings. The maximum absolute atomic E-state index is 14.1. The maximum atomic E-state index is 14.1. The molecule has 1 N–H and O–H groups in total. The third-order valence-corrected chi connectivity index (χ3v) is 10.1. The second-order valence-corrected chi connectivity index (χ2v) is 12.2. The molecule has 1 heterocycles. The van der Waals surface area contributed by atoms with E-state index in [9.17, 15) is 9.90 Å². The van der Waals surface area contributed by atoms with E-state index in [0.717, 1.165) is 76.5 Å². The van der Waals surface area contributed by atoms with E-state index in [1.165, 1.54) is 36.0 Å². The summed E-state index contributed by atoms with van der Waals surface area (Å²) in [6.07, 6.45) is 10.2. The number of benzene rings is 1. The van der Waals surface area contributed by atoms with Crippen LogP contribution >= 0.6 is 0 Å². The molecule has 4 atom stereocenters. The molecule has 4 bridgehead atoms. The fraction of sp³-hybridized carbons (Fsp3) is 0.750. The zero-order chi connectivity index (χ0) is 22.1. The fourth-order valence-electron chi connectivity index (χ4n) is 8.86. The standard InChI is InChI=1S/C28H40N2O2/c1-19-6-7-23(12-20(19)2)27-14-21-13-22(15-27)17-28(16-21,18-27)26(32)30-10-8-29(9-11-30)24-4-3-5-25(24)31/h6-7,12,21-22,24-25,31H,3-5,8-11,13-18H2,1-2H3. The molecule has 32 heavy (non-hydrogen) atoms. The number of carbonyl (C=O) groups is 1. The molecular weight excluding hydrogens is 396 g/mol. The zero-order valence-electron chi connectivity index (χ0n) is 20.0. The molecule has 0 spiro atoms. The van der Waals surface area contributed by atoms with Crippen molar-refractivity contribution in [1.29, 1.82) is 0 Å². The highest BCUT2D eigenvalue weighted by atomic mass is 16.3. The number of amides is 1. The summed E-state index contributed by atoms with van der Waals surface area (Å²) in [5.74, 6) is 1.90. The molecule has 4 heteroatoms. The number of rotatable bonds is 3. The van der Waals surface area contributed by atoms with Gasteiger partial charge < -0.3 is 10.0 Å². The van der Waals surface area contributed by atoms with E-state index < -0.39 is 0 Å². The lowest BCUT2D eigenvalue weighted by Crippen LogP contribution is -2.62. The van der Waals surface area contributed by atoms with Crippen LogP contribution < -0.4 is 0 Å². The third kappa shape index (κ3) is 3.27. The number of piperazine rings is 1. The summed E-state index contributed by atoms with van der Waals surface area (Å²) in [5.41, 5.74) is 4.36. The van der Waals surface area contributed by atoms with Crippen LogP contribution in [-0.2, 0) is 10.2 Å². The molecule has 1 saturated heterocycles. The van der Waals surface area contributed by atoms with Gasteiger partial charge in [0.05, 0.1) is 11.5 Å². The number of carbonyl (C=O) groups excluding carboxylic acids is 1. The van der Waals surface area contributed by atoms with Gasteiger partial charge in [-0.1, -0.05) is 18.2 Å². The van der Waals surface area contributed by atoms with Crippen molar-refractivity contribution in [3.05, 3.63) is 34.9 Å². The first-order valence-corrected chi connectivity index (χ1v) is 13.2. The molecule has 1 amide bonds. The largest absolute Gasteiger partial charge is 0.391 e. The average Bonchev–Trinajstić information content (AvgIpc) is 3.20. The van der Waals surface area contributed by atoms with Crippen molar-refractivity contribution in [2.75, 3.05) is 26.2 Å². The normalized spacial score (nSPS) is 41.4. The first-order valence-electron chi connectivity index (χ1n) is 13.2. The minimum absolute atomic E-state index is 0.127. The molecule has 1 aliphatic heterocycles. The molecule has 4 unspecified atom stereocenters. The monoisotopic (exact) mass is 436 g/mol. The molecule has 7 rings (SSSR count). The van der Waals surface area contributed by atoms with Gasteiger partial charge in [-0.05, 0) is 106 Å². The van der Waals surface area contributed by atoms with Gasteiger partial charge >= 0.3 is 0 Å². The van der Waals surface area contributed by atoms with Crippen molar-refractivity contribution >= 4 is 5.91 Å². The average molecular weight is 437 g/mol. The number of nitrogens with zero attached hydrogens (tertiary/aromatic N) is 2. The molecule has 0 aromatic heterocycles. The Morgan fingerprint density at radius 2 is 1.69 bits per heavy atom. The van der Waals surface area contributed by atoms with E-state index in [2.05, 4.69) is 41.8 Å². The van der Waals surface area contributed by atoms with Gasteiger partial charge in [-0.25, -0.2) is 0 Å². The highest BCUT2D eigenvalue weighted by Crippen LogP contribution is 2.66. The molecular formula is C28H40N2O2. The summed E-state index contributed by atoms with van der Waals surface area (Å²) in [5, 5.41) is 10.3. The number of aliphatic hydroxyl groups is 1. The van der Waals surface area contributed by atoms with E-state index in [-0.39, 0.29) is 16.9 Å². The predicted molar refractivity (Wildman–Crippen MR) is 127 cm³/mol. The summed E-state index contributed by atoms with van der Waals surface area (Å²) < 4.78 is 0. The predicted octanol–water partition coefficient (Wildman–Crippen LogP) is 4.20. The Kier molecular flexibility index (Phi) is 5.00.